The van der Waals surface area contributed by atoms with Crippen molar-refractivity contribution in [2.75, 3.05) is 45.2 Å². The van der Waals surface area contributed by atoms with Gasteiger partial charge >= 0.3 is 0 Å². The van der Waals surface area contributed by atoms with E-state index in [4.69, 9.17) is 4.98 Å². The molecule has 3 rings (SSSR count). The molecule has 0 aliphatic carbocycles. The summed E-state index contributed by atoms with van der Waals surface area (Å²) in [5.41, 5.74) is 1.05. The molecule has 0 amide bonds. The van der Waals surface area contributed by atoms with Gasteiger partial charge in [0.05, 0.1) is 5.69 Å². The van der Waals surface area contributed by atoms with Crippen molar-refractivity contribution in [3.05, 3.63) is 18.0 Å². The van der Waals surface area contributed by atoms with Crippen LogP contribution in [0, 0.1) is 0 Å². The van der Waals surface area contributed by atoms with Crippen LogP contribution >= 0.6 is 0 Å². The zero-order valence-electron chi connectivity index (χ0n) is 16.5. The topological polar surface area (TPSA) is 81.7 Å². The van der Waals surface area contributed by atoms with Gasteiger partial charge in [0.15, 0.2) is 0 Å². The number of nitrogens with one attached hydrogen (secondary N) is 1. The quantitative estimate of drug-likeness (QED) is 0.711. The Hall–Kier alpha value is -1.29. The van der Waals surface area contributed by atoms with Gasteiger partial charge < -0.3 is 4.90 Å². The third kappa shape index (κ3) is 5.60. The molecule has 8 nitrogen and oxygen atoms in total. The Morgan fingerprint density at radius 3 is 2.67 bits per heavy atom. The van der Waals surface area contributed by atoms with Crippen LogP contribution < -0.4 is 9.62 Å². The van der Waals surface area contributed by atoms with Gasteiger partial charge in [0.2, 0.25) is 5.95 Å². The number of piperidine rings is 1. The molecule has 1 atom stereocenters. The van der Waals surface area contributed by atoms with Crippen LogP contribution in [0.25, 0.3) is 0 Å². The molecule has 0 radical (unpaired) electrons. The van der Waals surface area contributed by atoms with Crippen LogP contribution in [0.3, 0.4) is 0 Å². The molecule has 1 aromatic heterocycles. The Morgan fingerprint density at radius 1 is 1.19 bits per heavy atom. The maximum absolute atomic E-state index is 11.9. The normalized spacial score (nSPS) is 21.9. The Labute approximate surface area is 163 Å². The number of aromatic nitrogens is 2. The molecule has 2 fully saturated rings. The second-order valence-corrected chi connectivity index (χ2v) is 9.60. The molecule has 0 aromatic carbocycles. The van der Waals surface area contributed by atoms with E-state index in [0.717, 1.165) is 50.7 Å². The average molecular weight is 397 g/mol. The van der Waals surface area contributed by atoms with Crippen molar-refractivity contribution in [2.24, 2.45) is 0 Å². The highest BCUT2D eigenvalue weighted by Gasteiger charge is 2.24. The highest BCUT2D eigenvalue weighted by atomic mass is 32.2. The Balaban J connectivity index is 1.58. The van der Waals surface area contributed by atoms with Crippen LogP contribution in [0.5, 0.6) is 0 Å². The number of anilines is 1. The van der Waals surface area contributed by atoms with E-state index in [-0.39, 0.29) is 0 Å². The molecule has 9 heteroatoms. The molecule has 0 spiro atoms. The van der Waals surface area contributed by atoms with Gasteiger partial charge in [0.25, 0.3) is 10.2 Å². The Morgan fingerprint density at radius 2 is 1.93 bits per heavy atom. The van der Waals surface area contributed by atoms with E-state index in [1.165, 1.54) is 30.0 Å². The lowest BCUT2D eigenvalue weighted by molar-refractivity contribution is 0.131. The van der Waals surface area contributed by atoms with Gasteiger partial charge in [-0.2, -0.15) is 12.7 Å². The van der Waals surface area contributed by atoms with Crippen molar-refractivity contribution >= 4 is 16.2 Å². The van der Waals surface area contributed by atoms with Crippen LogP contribution in [-0.4, -0.2) is 73.9 Å². The summed E-state index contributed by atoms with van der Waals surface area (Å²) < 4.78 is 27.7. The summed E-state index contributed by atoms with van der Waals surface area (Å²) >= 11 is 0. The molecule has 2 saturated heterocycles. The van der Waals surface area contributed by atoms with Crippen molar-refractivity contribution in [2.45, 2.75) is 51.1 Å². The first-order valence-corrected chi connectivity index (χ1v) is 11.4. The maximum Gasteiger partial charge on any atom is 0.278 e. The van der Waals surface area contributed by atoms with Crippen molar-refractivity contribution in [1.82, 2.24) is 23.9 Å². The van der Waals surface area contributed by atoms with E-state index in [0.29, 0.717) is 12.6 Å². The number of nitrogens with zero attached hydrogens (tertiary/aromatic N) is 5. The number of likely N-dealkylation sites (tertiary alicyclic amines) is 1. The second kappa shape index (κ2) is 9.27. The first-order chi connectivity index (χ1) is 13.0. The van der Waals surface area contributed by atoms with E-state index in [9.17, 15) is 8.42 Å². The molecule has 0 unspecified atom stereocenters. The zero-order valence-corrected chi connectivity index (χ0v) is 17.3. The minimum Gasteiger partial charge on any atom is -0.341 e. The SMILES string of the molecule is CN(C)S(=O)(=O)NCC[C@@H]1CCCCN1Cc1ccnc(N2CCCC2)n1. The molecule has 0 bridgehead atoms. The van der Waals surface area contributed by atoms with E-state index < -0.39 is 10.2 Å². The van der Waals surface area contributed by atoms with Gasteiger partial charge in [-0.3, -0.25) is 4.90 Å². The van der Waals surface area contributed by atoms with Crippen LogP contribution in [0.15, 0.2) is 12.3 Å². The zero-order chi connectivity index (χ0) is 19.3. The second-order valence-electron chi connectivity index (χ2n) is 7.63. The van der Waals surface area contributed by atoms with Gasteiger partial charge in [0.1, 0.15) is 0 Å². The van der Waals surface area contributed by atoms with Crippen molar-refractivity contribution in [1.29, 1.82) is 0 Å². The smallest absolute Gasteiger partial charge is 0.278 e. The van der Waals surface area contributed by atoms with E-state index in [2.05, 4.69) is 19.5 Å². The molecule has 152 valence electrons. The fraction of sp³-hybridized carbons (Fsp3) is 0.778. The van der Waals surface area contributed by atoms with Gasteiger partial charge in [-0.15, -0.1) is 0 Å². The van der Waals surface area contributed by atoms with Crippen LogP contribution in [0.2, 0.25) is 0 Å². The maximum atomic E-state index is 11.9. The van der Waals surface area contributed by atoms with Gasteiger partial charge in [-0.25, -0.2) is 14.7 Å². The number of hydrogen-bond donors (Lipinski definition) is 1. The van der Waals surface area contributed by atoms with Crippen molar-refractivity contribution < 1.29 is 8.42 Å². The third-order valence-electron chi connectivity index (χ3n) is 5.45. The summed E-state index contributed by atoms with van der Waals surface area (Å²) in [5, 5.41) is 0. The summed E-state index contributed by atoms with van der Waals surface area (Å²) in [6.45, 7) is 4.39. The number of rotatable bonds is 8. The third-order valence-corrected chi connectivity index (χ3v) is 6.98. The number of hydrogen-bond acceptors (Lipinski definition) is 6. The van der Waals surface area contributed by atoms with Crippen LogP contribution in [0.1, 0.15) is 44.2 Å². The Bertz CT molecular complexity index is 706. The first kappa shape index (κ1) is 20.4. The lowest BCUT2D eigenvalue weighted by atomic mass is 9.99. The minimum absolute atomic E-state index is 0.383. The molecule has 1 N–H and O–H groups in total. The molecule has 2 aliphatic rings. The van der Waals surface area contributed by atoms with E-state index in [1.54, 1.807) is 14.1 Å². The lowest BCUT2D eigenvalue weighted by Gasteiger charge is -2.35. The average Bonchev–Trinajstić information content (AvgIpc) is 3.18. The van der Waals surface area contributed by atoms with Crippen molar-refractivity contribution in [3.63, 3.8) is 0 Å². The van der Waals surface area contributed by atoms with Gasteiger partial charge in [-0.05, 0) is 44.7 Å². The molecule has 1 aromatic rings. The van der Waals surface area contributed by atoms with Crippen molar-refractivity contribution in [3.8, 4) is 0 Å². The molecule has 3 heterocycles. The highest BCUT2D eigenvalue weighted by molar-refractivity contribution is 7.87. The minimum atomic E-state index is -3.35. The summed E-state index contributed by atoms with van der Waals surface area (Å²) in [6.07, 6.45) is 8.59. The fourth-order valence-corrected chi connectivity index (χ4v) is 4.46. The lowest BCUT2D eigenvalue weighted by Crippen LogP contribution is -2.43. The summed E-state index contributed by atoms with van der Waals surface area (Å²) in [6, 6.07) is 2.38. The predicted octanol–water partition coefficient (Wildman–Crippen LogP) is 1.22. The van der Waals surface area contributed by atoms with E-state index >= 15 is 0 Å². The fourth-order valence-electron chi connectivity index (χ4n) is 3.83. The monoisotopic (exact) mass is 396 g/mol. The van der Waals surface area contributed by atoms with E-state index in [1.807, 2.05) is 12.3 Å². The predicted molar refractivity (Wildman–Crippen MR) is 107 cm³/mol. The standard InChI is InChI=1S/C18H32N6O2S/c1-22(2)27(25,26)20-11-9-17-7-3-4-14-24(17)15-16-8-10-19-18(21-16)23-12-5-6-13-23/h8,10,17,20H,3-7,9,11-15H2,1-2H3/t17-/m0/s1. The van der Waals surface area contributed by atoms with Crippen LogP contribution in [0.4, 0.5) is 5.95 Å². The molecule has 2 aliphatic heterocycles. The summed E-state index contributed by atoms with van der Waals surface area (Å²) in [7, 11) is -0.264. The largest absolute Gasteiger partial charge is 0.341 e. The molecule has 0 saturated carbocycles. The highest BCUT2D eigenvalue weighted by Crippen LogP contribution is 2.22. The van der Waals surface area contributed by atoms with Gasteiger partial charge in [0, 0.05) is 52.5 Å². The molecular formula is C18H32N6O2S. The van der Waals surface area contributed by atoms with Crippen LogP contribution in [-0.2, 0) is 16.8 Å². The molecule has 27 heavy (non-hydrogen) atoms. The molecular weight excluding hydrogens is 364 g/mol. The summed E-state index contributed by atoms with van der Waals surface area (Å²) in [5.74, 6) is 0.845. The Kier molecular flexibility index (Phi) is 7.02. The first-order valence-electron chi connectivity index (χ1n) is 9.94. The van der Waals surface area contributed by atoms with Gasteiger partial charge in [-0.1, -0.05) is 6.42 Å². The summed E-state index contributed by atoms with van der Waals surface area (Å²) in [4.78, 5) is 13.9.